The van der Waals surface area contributed by atoms with Crippen LogP contribution >= 0.6 is 0 Å². The average Bonchev–Trinajstić information content (AvgIpc) is 2.54. The summed E-state index contributed by atoms with van der Waals surface area (Å²) in [6.45, 7) is 4.65. The Morgan fingerprint density at radius 3 is 2.71 bits per heavy atom. The summed E-state index contributed by atoms with van der Waals surface area (Å²) >= 11 is 0. The summed E-state index contributed by atoms with van der Waals surface area (Å²) in [7, 11) is 0. The van der Waals surface area contributed by atoms with E-state index in [1.807, 2.05) is 4.90 Å². The third kappa shape index (κ3) is 4.39. The number of hydrogen-bond acceptors (Lipinski definition) is 10. The fourth-order valence-corrected chi connectivity index (χ4v) is 1.78. The van der Waals surface area contributed by atoms with E-state index in [4.69, 9.17) is 15.3 Å². The average molecular weight is 297 g/mol. The molecule has 0 bridgehead atoms. The molecule has 0 spiro atoms. The van der Waals surface area contributed by atoms with Crippen molar-refractivity contribution in [2.75, 3.05) is 55.1 Å². The van der Waals surface area contributed by atoms with Gasteiger partial charge in [-0.3, -0.25) is 10.2 Å². The Labute approximate surface area is 122 Å². The number of hydrogen-bond donors (Lipinski definition) is 3. The first-order chi connectivity index (χ1) is 10.2. The second-order valence-electron chi connectivity index (χ2n) is 4.18. The lowest BCUT2D eigenvalue weighted by molar-refractivity contribution is -0.140. The molecule has 2 heterocycles. The Morgan fingerprint density at radius 2 is 2.05 bits per heavy atom. The molecule has 0 amide bonds. The van der Waals surface area contributed by atoms with Crippen LogP contribution in [0.15, 0.2) is 0 Å². The van der Waals surface area contributed by atoms with Gasteiger partial charge in [0.25, 0.3) is 0 Å². The van der Waals surface area contributed by atoms with Crippen molar-refractivity contribution in [3.63, 3.8) is 0 Å². The van der Waals surface area contributed by atoms with Crippen molar-refractivity contribution in [1.82, 2.24) is 15.0 Å². The van der Waals surface area contributed by atoms with Crippen molar-refractivity contribution in [1.29, 1.82) is 0 Å². The lowest BCUT2D eigenvalue weighted by Crippen LogP contribution is -2.37. The molecule has 21 heavy (non-hydrogen) atoms. The van der Waals surface area contributed by atoms with Crippen LogP contribution in [0.2, 0.25) is 0 Å². The largest absolute Gasteiger partial charge is 0.465 e. The molecule has 0 aliphatic carbocycles. The number of nitrogens with two attached hydrogens (primary N) is 1. The number of nitrogens with zero attached hydrogens (tertiary/aromatic N) is 4. The SMILES string of the molecule is CCOC(=O)CNc1nc(NN)nc(N2CCOCC2)n1. The number of morpholine rings is 1. The maximum atomic E-state index is 11.3. The molecule has 0 aromatic carbocycles. The van der Waals surface area contributed by atoms with E-state index in [0.717, 1.165) is 0 Å². The quantitative estimate of drug-likeness (QED) is 0.340. The molecule has 116 valence electrons. The topological polar surface area (TPSA) is 128 Å². The van der Waals surface area contributed by atoms with Gasteiger partial charge in [0.05, 0.1) is 19.8 Å². The second kappa shape index (κ2) is 7.55. The minimum absolute atomic E-state index is 0.0234. The van der Waals surface area contributed by atoms with E-state index in [9.17, 15) is 4.79 Å². The molecule has 1 fully saturated rings. The summed E-state index contributed by atoms with van der Waals surface area (Å²) in [4.78, 5) is 25.8. The van der Waals surface area contributed by atoms with E-state index in [-0.39, 0.29) is 24.4 Å². The van der Waals surface area contributed by atoms with Gasteiger partial charge in [-0.15, -0.1) is 0 Å². The highest BCUT2D eigenvalue weighted by atomic mass is 16.5. The number of nitrogen functional groups attached to an aromatic ring is 1. The number of ether oxygens (including phenoxy) is 2. The van der Waals surface area contributed by atoms with Crippen molar-refractivity contribution in [3.8, 4) is 0 Å². The Morgan fingerprint density at radius 1 is 1.33 bits per heavy atom. The first kappa shape index (κ1) is 15.2. The fraction of sp³-hybridized carbons (Fsp3) is 0.636. The molecule has 0 radical (unpaired) electrons. The van der Waals surface area contributed by atoms with E-state index < -0.39 is 0 Å². The van der Waals surface area contributed by atoms with Crippen LogP contribution < -0.4 is 21.5 Å². The van der Waals surface area contributed by atoms with E-state index in [2.05, 4.69) is 25.7 Å². The minimum atomic E-state index is -0.381. The van der Waals surface area contributed by atoms with Crippen molar-refractivity contribution >= 4 is 23.8 Å². The van der Waals surface area contributed by atoms with Gasteiger partial charge in [-0.05, 0) is 6.92 Å². The fourth-order valence-electron chi connectivity index (χ4n) is 1.78. The van der Waals surface area contributed by atoms with Crippen LogP contribution in [0, 0.1) is 0 Å². The van der Waals surface area contributed by atoms with Gasteiger partial charge in [-0.25, -0.2) is 5.84 Å². The third-order valence-electron chi connectivity index (χ3n) is 2.74. The van der Waals surface area contributed by atoms with Crippen molar-refractivity contribution < 1.29 is 14.3 Å². The Balaban J connectivity index is 2.07. The summed E-state index contributed by atoms with van der Waals surface area (Å²) in [5.41, 5.74) is 2.38. The van der Waals surface area contributed by atoms with Crippen LogP contribution in [0.3, 0.4) is 0 Å². The highest BCUT2D eigenvalue weighted by Crippen LogP contribution is 2.14. The summed E-state index contributed by atoms with van der Waals surface area (Å²) in [6.07, 6.45) is 0. The number of hydrazine groups is 1. The van der Waals surface area contributed by atoms with Crippen molar-refractivity contribution in [2.24, 2.45) is 5.84 Å². The van der Waals surface area contributed by atoms with E-state index in [1.165, 1.54) is 0 Å². The molecule has 1 aromatic heterocycles. The third-order valence-corrected chi connectivity index (χ3v) is 2.74. The molecule has 1 saturated heterocycles. The van der Waals surface area contributed by atoms with Crippen molar-refractivity contribution in [2.45, 2.75) is 6.92 Å². The highest BCUT2D eigenvalue weighted by molar-refractivity contribution is 5.74. The van der Waals surface area contributed by atoms with Gasteiger partial charge >= 0.3 is 5.97 Å². The first-order valence-corrected chi connectivity index (χ1v) is 6.67. The van der Waals surface area contributed by atoms with Crippen LogP contribution in [0.25, 0.3) is 0 Å². The Hall–Kier alpha value is -2.20. The van der Waals surface area contributed by atoms with Crippen molar-refractivity contribution in [3.05, 3.63) is 0 Å². The monoisotopic (exact) mass is 297 g/mol. The zero-order chi connectivity index (χ0) is 15.1. The predicted octanol–water partition coefficient (Wildman–Crippen LogP) is -1.03. The van der Waals surface area contributed by atoms with Gasteiger partial charge in [0.2, 0.25) is 17.8 Å². The lowest BCUT2D eigenvalue weighted by Gasteiger charge is -2.27. The molecule has 4 N–H and O–H groups in total. The number of anilines is 3. The molecule has 10 nitrogen and oxygen atoms in total. The number of aromatic nitrogens is 3. The zero-order valence-corrected chi connectivity index (χ0v) is 11.8. The summed E-state index contributed by atoms with van der Waals surface area (Å²) in [6, 6.07) is 0. The number of nitrogens with one attached hydrogen (secondary N) is 2. The van der Waals surface area contributed by atoms with E-state index >= 15 is 0 Å². The summed E-state index contributed by atoms with van der Waals surface area (Å²) in [5, 5.41) is 2.79. The van der Waals surface area contributed by atoms with Gasteiger partial charge in [0.1, 0.15) is 6.54 Å². The number of carbonyl (C=O) groups excluding carboxylic acids is 1. The number of rotatable bonds is 6. The molecular weight excluding hydrogens is 278 g/mol. The summed E-state index contributed by atoms with van der Waals surface area (Å²) < 4.78 is 10.1. The molecule has 10 heteroatoms. The van der Waals surface area contributed by atoms with Crippen LogP contribution in [0.4, 0.5) is 17.8 Å². The maximum absolute atomic E-state index is 11.3. The van der Waals surface area contributed by atoms with E-state index in [0.29, 0.717) is 38.9 Å². The van der Waals surface area contributed by atoms with Gasteiger partial charge in [-0.1, -0.05) is 0 Å². The first-order valence-electron chi connectivity index (χ1n) is 6.67. The molecule has 0 unspecified atom stereocenters. The van der Waals surface area contributed by atoms with Crippen LogP contribution in [0.1, 0.15) is 6.92 Å². The molecule has 0 saturated carbocycles. The smallest absolute Gasteiger partial charge is 0.325 e. The maximum Gasteiger partial charge on any atom is 0.325 e. The second-order valence-corrected chi connectivity index (χ2v) is 4.18. The van der Waals surface area contributed by atoms with Gasteiger partial charge in [-0.2, -0.15) is 15.0 Å². The Kier molecular flexibility index (Phi) is 5.46. The molecule has 1 aliphatic rings. The molecule has 1 aromatic rings. The van der Waals surface area contributed by atoms with E-state index in [1.54, 1.807) is 6.92 Å². The van der Waals surface area contributed by atoms with Gasteiger partial charge in [0.15, 0.2) is 0 Å². The number of carbonyl (C=O) groups is 1. The standard InChI is InChI=1S/C11H19N7O3/c1-2-21-8(19)7-13-9-14-10(17-12)16-11(15-9)18-3-5-20-6-4-18/h2-7,12H2,1H3,(H2,13,14,15,16,17). The summed E-state index contributed by atoms with van der Waals surface area (Å²) in [5.74, 6) is 5.93. The minimum Gasteiger partial charge on any atom is -0.465 e. The predicted molar refractivity (Wildman–Crippen MR) is 75.8 cm³/mol. The lowest BCUT2D eigenvalue weighted by atomic mass is 10.4. The van der Waals surface area contributed by atoms with Crippen LogP contribution in [-0.2, 0) is 14.3 Å². The molecular formula is C11H19N7O3. The van der Waals surface area contributed by atoms with Gasteiger partial charge in [0, 0.05) is 13.1 Å². The van der Waals surface area contributed by atoms with Crippen LogP contribution in [0.5, 0.6) is 0 Å². The normalized spacial score (nSPS) is 14.7. The van der Waals surface area contributed by atoms with Gasteiger partial charge < -0.3 is 19.7 Å². The molecule has 0 atom stereocenters. The molecule has 1 aliphatic heterocycles. The highest BCUT2D eigenvalue weighted by Gasteiger charge is 2.16. The molecule has 2 rings (SSSR count). The Bertz CT molecular complexity index is 479. The van der Waals surface area contributed by atoms with Crippen LogP contribution in [-0.4, -0.2) is 60.4 Å². The number of esters is 1. The zero-order valence-electron chi connectivity index (χ0n) is 11.8.